The van der Waals surface area contributed by atoms with Gasteiger partial charge in [-0.2, -0.15) is 0 Å². The van der Waals surface area contributed by atoms with Gasteiger partial charge in [-0.05, 0) is 38.1 Å². The van der Waals surface area contributed by atoms with E-state index in [0.717, 1.165) is 11.9 Å². The Morgan fingerprint density at radius 3 is 2.10 bits per heavy atom. The fourth-order valence-electron chi connectivity index (χ4n) is 3.78. The average Bonchev–Trinajstić information content (AvgIpc) is 3.36. The SMILES string of the molecule is CC.CCOc1cccc(-c2nc3ncc(C)nc3n2-c2c(OC)cccc2OC)n1.CS(=O)(=O)Cc1ncccn1. The Morgan fingerprint density at radius 1 is 0.857 bits per heavy atom. The van der Waals surface area contributed by atoms with Crippen LogP contribution in [0, 0.1) is 6.92 Å². The largest absolute Gasteiger partial charge is 0.494 e. The van der Waals surface area contributed by atoms with E-state index in [9.17, 15) is 8.42 Å². The molecule has 0 bridgehead atoms. The zero-order valence-corrected chi connectivity index (χ0v) is 25.6. The first-order chi connectivity index (χ1) is 20.2. The van der Waals surface area contributed by atoms with E-state index in [1.807, 2.05) is 68.7 Å². The van der Waals surface area contributed by atoms with Crippen LogP contribution in [-0.4, -0.2) is 70.0 Å². The van der Waals surface area contributed by atoms with Gasteiger partial charge in [0.25, 0.3) is 0 Å². The molecule has 42 heavy (non-hydrogen) atoms. The molecule has 5 rings (SSSR count). The molecule has 1 aromatic carbocycles. The number of pyridine rings is 1. The summed E-state index contributed by atoms with van der Waals surface area (Å²) in [5, 5.41) is 0. The molecule has 0 N–H and O–H groups in total. The van der Waals surface area contributed by atoms with Crippen molar-refractivity contribution in [2.75, 3.05) is 27.1 Å². The highest BCUT2D eigenvalue weighted by atomic mass is 32.2. The second-order valence-corrected chi connectivity index (χ2v) is 10.6. The third kappa shape index (κ3) is 7.97. The molecule has 0 amide bonds. The third-order valence-corrected chi connectivity index (χ3v) is 6.15. The average molecular weight is 594 g/mol. The smallest absolute Gasteiger partial charge is 0.213 e. The van der Waals surface area contributed by atoms with Crippen molar-refractivity contribution in [1.82, 2.24) is 34.5 Å². The van der Waals surface area contributed by atoms with Crippen LogP contribution in [0.15, 0.2) is 61.1 Å². The van der Waals surface area contributed by atoms with Crippen LogP contribution in [0.3, 0.4) is 0 Å². The quantitative estimate of drug-likeness (QED) is 0.248. The first-order valence-corrected chi connectivity index (χ1v) is 15.3. The zero-order chi connectivity index (χ0) is 30.7. The van der Waals surface area contributed by atoms with E-state index in [1.54, 1.807) is 26.5 Å². The second-order valence-electron chi connectivity index (χ2n) is 8.47. The predicted octanol–water partition coefficient (Wildman–Crippen LogP) is 4.65. The van der Waals surface area contributed by atoms with E-state index in [1.165, 1.54) is 12.4 Å². The van der Waals surface area contributed by atoms with Crippen LogP contribution in [0.4, 0.5) is 0 Å². The molecular formula is C29H35N7O5S. The molecule has 13 heteroatoms. The van der Waals surface area contributed by atoms with Gasteiger partial charge >= 0.3 is 0 Å². The molecule has 0 atom stereocenters. The summed E-state index contributed by atoms with van der Waals surface area (Å²) in [7, 11) is 0.224. The van der Waals surface area contributed by atoms with Crippen molar-refractivity contribution < 1.29 is 22.6 Å². The first kappa shape index (κ1) is 31.9. The number of sulfone groups is 1. The van der Waals surface area contributed by atoms with Crippen molar-refractivity contribution in [3.8, 4) is 34.6 Å². The molecule has 5 aromatic rings. The van der Waals surface area contributed by atoms with Gasteiger partial charge < -0.3 is 14.2 Å². The number of imidazole rings is 1. The Morgan fingerprint density at radius 2 is 1.50 bits per heavy atom. The monoisotopic (exact) mass is 593 g/mol. The number of hydrogen-bond donors (Lipinski definition) is 0. The maximum absolute atomic E-state index is 10.7. The number of hydrogen-bond acceptors (Lipinski definition) is 11. The molecule has 4 aromatic heterocycles. The normalized spacial score (nSPS) is 10.6. The van der Waals surface area contributed by atoms with Crippen LogP contribution in [0.5, 0.6) is 17.4 Å². The number of nitrogens with zero attached hydrogens (tertiary/aromatic N) is 7. The summed E-state index contributed by atoms with van der Waals surface area (Å²) in [6, 6.07) is 12.8. The van der Waals surface area contributed by atoms with Crippen molar-refractivity contribution in [2.45, 2.75) is 33.4 Å². The van der Waals surface area contributed by atoms with Gasteiger partial charge in [-0.25, -0.2) is 38.3 Å². The molecule has 0 spiro atoms. The second kappa shape index (κ2) is 14.8. The Labute approximate surface area is 245 Å². The van der Waals surface area contributed by atoms with E-state index in [0.29, 0.717) is 58.3 Å². The number of methoxy groups -OCH3 is 2. The number of aryl methyl sites for hydroxylation is 1. The first-order valence-electron chi connectivity index (χ1n) is 13.2. The number of ether oxygens (including phenoxy) is 3. The van der Waals surface area contributed by atoms with Gasteiger partial charge in [-0.3, -0.25) is 4.57 Å². The van der Waals surface area contributed by atoms with Crippen LogP contribution in [-0.2, 0) is 15.6 Å². The summed E-state index contributed by atoms with van der Waals surface area (Å²) in [6.45, 7) is 8.33. The summed E-state index contributed by atoms with van der Waals surface area (Å²) < 4.78 is 40.1. The van der Waals surface area contributed by atoms with Crippen LogP contribution in [0.1, 0.15) is 32.3 Å². The van der Waals surface area contributed by atoms with Gasteiger partial charge in [0.05, 0.1) is 32.7 Å². The molecule has 0 saturated heterocycles. The van der Waals surface area contributed by atoms with E-state index < -0.39 is 9.84 Å². The van der Waals surface area contributed by atoms with Crippen LogP contribution in [0.25, 0.3) is 28.5 Å². The molecule has 0 aliphatic heterocycles. The summed E-state index contributed by atoms with van der Waals surface area (Å²) >= 11 is 0. The van der Waals surface area contributed by atoms with Gasteiger partial charge in [0.15, 0.2) is 27.0 Å². The molecule has 0 radical (unpaired) electrons. The highest BCUT2D eigenvalue weighted by Crippen LogP contribution is 2.37. The molecule has 0 aliphatic rings. The minimum Gasteiger partial charge on any atom is -0.494 e. The Balaban J connectivity index is 0.000000313. The lowest BCUT2D eigenvalue weighted by Crippen LogP contribution is -2.05. The van der Waals surface area contributed by atoms with Gasteiger partial charge in [0, 0.05) is 24.7 Å². The highest BCUT2D eigenvalue weighted by Gasteiger charge is 2.23. The van der Waals surface area contributed by atoms with E-state index in [2.05, 4.69) is 24.9 Å². The Bertz CT molecular complexity index is 1690. The third-order valence-electron chi connectivity index (χ3n) is 5.37. The molecule has 222 valence electrons. The van der Waals surface area contributed by atoms with Gasteiger partial charge in [0.1, 0.15) is 34.5 Å². The summed E-state index contributed by atoms with van der Waals surface area (Å²) in [4.78, 5) is 26.0. The number of rotatable bonds is 8. The molecular weight excluding hydrogens is 558 g/mol. The number of fused-ring (bicyclic) bond motifs is 1. The van der Waals surface area contributed by atoms with E-state index in [4.69, 9.17) is 19.2 Å². The minimum absolute atomic E-state index is 0.0894. The maximum Gasteiger partial charge on any atom is 0.213 e. The van der Waals surface area contributed by atoms with Crippen molar-refractivity contribution in [2.24, 2.45) is 0 Å². The van der Waals surface area contributed by atoms with Crippen molar-refractivity contribution in [1.29, 1.82) is 0 Å². The number of para-hydroxylation sites is 1. The molecule has 4 heterocycles. The topological polar surface area (TPSA) is 144 Å². The van der Waals surface area contributed by atoms with Crippen molar-refractivity contribution in [3.05, 3.63) is 72.6 Å². The molecule has 12 nitrogen and oxygen atoms in total. The summed E-state index contributed by atoms with van der Waals surface area (Å²) in [6.07, 6.45) is 5.89. The van der Waals surface area contributed by atoms with Crippen LogP contribution < -0.4 is 14.2 Å². The zero-order valence-electron chi connectivity index (χ0n) is 24.8. The number of aromatic nitrogens is 7. The van der Waals surface area contributed by atoms with Crippen LogP contribution in [0.2, 0.25) is 0 Å². The minimum atomic E-state index is -3.00. The maximum atomic E-state index is 10.7. The van der Waals surface area contributed by atoms with Gasteiger partial charge in [0.2, 0.25) is 5.88 Å². The lowest BCUT2D eigenvalue weighted by molar-refractivity contribution is 0.327. The lowest BCUT2D eigenvalue weighted by Gasteiger charge is -2.16. The summed E-state index contributed by atoms with van der Waals surface area (Å²) in [5.41, 5.74) is 3.17. The highest BCUT2D eigenvalue weighted by molar-refractivity contribution is 7.89. The molecule has 0 aliphatic carbocycles. The standard InChI is InChI=1S/C21H21N5O3.C6H8N2O2S.C2H6/c1-5-29-17-11-6-8-14(24-17)20-25-19-21(23-13(2)12-22-19)26(20)18-15(27-3)9-7-10-16(18)28-4;1-11(9,10)5-6-7-3-2-4-8-6;1-2/h6-12H,5H2,1-4H3;2-4H,5H2,1H3;1-2H3. The molecule has 0 unspecified atom stereocenters. The van der Waals surface area contributed by atoms with Crippen molar-refractivity contribution >= 4 is 21.1 Å². The molecule has 0 saturated carbocycles. The van der Waals surface area contributed by atoms with E-state index in [-0.39, 0.29) is 5.75 Å². The molecule has 0 fully saturated rings. The Kier molecular flexibility index (Phi) is 11.3. The van der Waals surface area contributed by atoms with Crippen LogP contribution >= 0.6 is 0 Å². The lowest BCUT2D eigenvalue weighted by atomic mass is 10.2. The summed E-state index contributed by atoms with van der Waals surface area (Å²) in [5.74, 6) is 2.58. The Hall–Kier alpha value is -4.65. The van der Waals surface area contributed by atoms with Gasteiger partial charge in [-0.1, -0.05) is 26.0 Å². The van der Waals surface area contributed by atoms with Gasteiger partial charge in [-0.15, -0.1) is 0 Å². The fourth-order valence-corrected chi connectivity index (χ4v) is 4.40. The fraction of sp³-hybridized carbons (Fsp3) is 0.310. The number of benzene rings is 1. The van der Waals surface area contributed by atoms with Crippen molar-refractivity contribution in [3.63, 3.8) is 0 Å². The predicted molar refractivity (Wildman–Crippen MR) is 161 cm³/mol. The van der Waals surface area contributed by atoms with E-state index >= 15 is 0 Å².